The number of halogens is 1. The van der Waals surface area contributed by atoms with Crippen molar-refractivity contribution in [2.75, 3.05) is 47.6 Å². The summed E-state index contributed by atoms with van der Waals surface area (Å²) in [4.78, 5) is 6.39. The largest absolute Gasteiger partial charge is 0.496 e. The van der Waals surface area contributed by atoms with E-state index in [1.165, 1.54) is 0 Å². The Morgan fingerprint density at radius 1 is 1.40 bits per heavy atom. The van der Waals surface area contributed by atoms with E-state index >= 15 is 0 Å². The van der Waals surface area contributed by atoms with Crippen molar-refractivity contribution >= 4 is 29.9 Å². The Labute approximate surface area is 167 Å². The molecule has 25 heavy (non-hydrogen) atoms. The van der Waals surface area contributed by atoms with Crippen LogP contribution in [0.3, 0.4) is 0 Å². The summed E-state index contributed by atoms with van der Waals surface area (Å²) in [6, 6.07) is 8.02. The third-order valence-corrected chi connectivity index (χ3v) is 4.03. The van der Waals surface area contributed by atoms with Gasteiger partial charge in [-0.25, -0.2) is 0 Å². The van der Waals surface area contributed by atoms with Crippen LogP contribution in [0, 0.1) is 0 Å². The van der Waals surface area contributed by atoms with Gasteiger partial charge in [-0.2, -0.15) is 0 Å². The van der Waals surface area contributed by atoms with Crippen molar-refractivity contribution in [3.05, 3.63) is 29.8 Å². The van der Waals surface area contributed by atoms with E-state index in [2.05, 4.69) is 21.3 Å². The monoisotopic (exact) mass is 463 g/mol. The molecule has 0 saturated carbocycles. The fraction of sp³-hybridized carbons (Fsp3) is 0.611. The topological polar surface area (TPSA) is 55.3 Å². The van der Waals surface area contributed by atoms with Gasteiger partial charge in [-0.1, -0.05) is 18.2 Å². The second kappa shape index (κ2) is 12.3. The van der Waals surface area contributed by atoms with Gasteiger partial charge in [0.1, 0.15) is 5.75 Å². The first-order valence-corrected chi connectivity index (χ1v) is 8.47. The number of guanidine groups is 1. The fourth-order valence-corrected chi connectivity index (χ4v) is 2.77. The van der Waals surface area contributed by atoms with Crippen LogP contribution >= 0.6 is 24.0 Å². The van der Waals surface area contributed by atoms with Crippen LogP contribution in [-0.2, 0) is 16.0 Å². The maximum atomic E-state index is 5.67. The van der Waals surface area contributed by atoms with E-state index in [9.17, 15) is 0 Å². The summed E-state index contributed by atoms with van der Waals surface area (Å²) in [7, 11) is 5.49. The van der Waals surface area contributed by atoms with Gasteiger partial charge < -0.3 is 24.4 Å². The van der Waals surface area contributed by atoms with Crippen LogP contribution in [0.4, 0.5) is 0 Å². The van der Waals surface area contributed by atoms with Crippen LogP contribution in [0.25, 0.3) is 0 Å². The molecule has 0 aliphatic carbocycles. The maximum absolute atomic E-state index is 5.67. The summed E-state index contributed by atoms with van der Waals surface area (Å²) in [6.07, 6.45) is 2.53. The van der Waals surface area contributed by atoms with Gasteiger partial charge in [0, 0.05) is 39.4 Å². The lowest BCUT2D eigenvalue weighted by atomic mass is 10.2. The number of aliphatic imine (C=N–C) groups is 1. The van der Waals surface area contributed by atoms with Crippen molar-refractivity contribution in [1.82, 2.24) is 10.2 Å². The zero-order chi connectivity index (χ0) is 17.2. The van der Waals surface area contributed by atoms with Crippen molar-refractivity contribution in [3.8, 4) is 5.75 Å². The van der Waals surface area contributed by atoms with Crippen LogP contribution in [0.15, 0.2) is 29.3 Å². The molecule has 0 bridgehead atoms. The van der Waals surface area contributed by atoms with E-state index in [0.717, 1.165) is 49.8 Å². The first kappa shape index (κ1) is 22.0. The molecule has 142 valence electrons. The number of benzene rings is 1. The van der Waals surface area contributed by atoms with E-state index in [4.69, 9.17) is 14.2 Å². The minimum atomic E-state index is 0. The molecule has 1 aliphatic rings. The number of nitrogens with zero attached hydrogens (tertiary/aromatic N) is 2. The van der Waals surface area contributed by atoms with Gasteiger partial charge in [0.2, 0.25) is 0 Å². The standard InChI is InChI=1S/C18H29N3O3.HI/c1-19-18(20-10-12-23-14-16-8-6-11-24-16)21(2)13-15-7-4-5-9-17(15)22-3;/h4-5,7,9,16H,6,8,10-14H2,1-3H3,(H,19,20);1H. The highest BCUT2D eigenvalue weighted by Gasteiger charge is 2.15. The third kappa shape index (κ3) is 7.37. The Morgan fingerprint density at radius 3 is 2.88 bits per heavy atom. The second-order valence-electron chi connectivity index (χ2n) is 5.85. The number of hydrogen-bond donors (Lipinski definition) is 1. The molecule has 1 fully saturated rings. The number of methoxy groups -OCH3 is 1. The average Bonchev–Trinajstić information content (AvgIpc) is 3.12. The van der Waals surface area contributed by atoms with Crippen LogP contribution < -0.4 is 10.1 Å². The Bertz CT molecular complexity index is 522. The smallest absolute Gasteiger partial charge is 0.193 e. The zero-order valence-corrected chi connectivity index (χ0v) is 17.7. The highest BCUT2D eigenvalue weighted by atomic mass is 127. The third-order valence-electron chi connectivity index (χ3n) is 4.03. The van der Waals surface area contributed by atoms with Gasteiger partial charge in [0.05, 0.1) is 26.4 Å². The molecule has 1 aromatic rings. The highest BCUT2D eigenvalue weighted by Crippen LogP contribution is 2.18. The molecule has 2 rings (SSSR count). The maximum Gasteiger partial charge on any atom is 0.193 e. The Morgan fingerprint density at radius 2 is 2.20 bits per heavy atom. The van der Waals surface area contributed by atoms with Crippen LogP contribution in [0.5, 0.6) is 5.75 Å². The van der Waals surface area contributed by atoms with Gasteiger partial charge in [-0.05, 0) is 18.9 Å². The van der Waals surface area contributed by atoms with Gasteiger partial charge in [0.15, 0.2) is 5.96 Å². The van der Waals surface area contributed by atoms with E-state index in [1.807, 2.05) is 25.2 Å². The van der Waals surface area contributed by atoms with Gasteiger partial charge in [-0.15, -0.1) is 24.0 Å². The first-order chi connectivity index (χ1) is 11.7. The Hall–Kier alpha value is -1.06. The lowest BCUT2D eigenvalue weighted by Crippen LogP contribution is -2.40. The van der Waals surface area contributed by atoms with E-state index in [1.54, 1.807) is 14.2 Å². The summed E-state index contributed by atoms with van der Waals surface area (Å²) in [5.41, 5.74) is 1.13. The lowest BCUT2D eigenvalue weighted by molar-refractivity contribution is 0.0190. The number of nitrogens with one attached hydrogen (secondary N) is 1. The molecule has 0 amide bonds. The Kier molecular flexibility index (Phi) is 10.8. The number of hydrogen-bond acceptors (Lipinski definition) is 4. The van der Waals surface area contributed by atoms with Crippen molar-refractivity contribution < 1.29 is 14.2 Å². The summed E-state index contributed by atoms with van der Waals surface area (Å²) in [5, 5.41) is 3.32. The molecule has 0 aromatic heterocycles. The minimum Gasteiger partial charge on any atom is -0.496 e. The van der Waals surface area contributed by atoms with Crippen molar-refractivity contribution in [1.29, 1.82) is 0 Å². The minimum absolute atomic E-state index is 0. The molecule has 1 atom stereocenters. The molecular weight excluding hydrogens is 433 g/mol. The predicted octanol–water partition coefficient (Wildman–Crippen LogP) is 2.52. The predicted molar refractivity (Wildman–Crippen MR) is 111 cm³/mol. The molecule has 1 unspecified atom stereocenters. The molecule has 7 heteroatoms. The molecule has 0 radical (unpaired) electrons. The van der Waals surface area contributed by atoms with Crippen molar-refractivity contribution in [2.45, 2.75) is 25.5 Å². The molecule has 1 N–H and O–H groups in total. The molecule has 1 aromatic carbocycles. The number of ether oxygens (including phenoxy) is 3. The number of para-hydroxylation sites is 1. The normalized spacial score (nSPS) is 17.1. The first-order valence-electron chi connectivity index (χ1n) is 8.47. The van der Waals surface area contributed by atoms with E-state index in [0.29, 0.717) is 13.2 Å². The summed E-state index contributed by atoms with van der Waals surface area (Å²) >= 11 is 0. The van der Waals surface area contributed by atoms with Gasteiger partial charge >= 0.3 is 0 Å². The molecule has 6 nitrogen and oxygen atoms in total. The number of rotatable bonds is 8. The van der Waals surface area contributed by atoms with Crippen molar-refractivity contribution in [2.24, 2.45) is 4.99 Å². The Balaban J connectivity index is 0.00000312. The zero-order valence-electron chi connectivity index (χ0n) is 15.4. The summed E-state index contributed by atoms with van der Waals surface area (Å²) in [6.45, 7) is 3.63. The molecular formula is C18H30IN3O3. The highest BCUT2D eigenvalue weighted by molar-refractivity contribution is 14.0. The van der Waals surface area contributed by atoms with E-state index in [-0.39, 0.29) is 30.1 Å². The van der Waals surface area contributed by atoms with Crippen molar-refractivity contribution in [3.63, 3.8) is 0 Å². The molecule has 1 heterocycles. The SMILES string of the molecule is CN=C(NCCOCC1CCCO1)N(C)Cc1ccccc1OC.I. The molecule has 0 spiro atoms. The van der Waals surface area contributed by atoms with Crippen LogP contribution in [0.2, 0.25) is 0 Å². The van der Waals surface area contributed by atoms with Crippen LogP contribution in [-0.4, -0.2) is 64.5 Å². The summed E-state index contributed by atoms with van der Waals surface area (Å²) in [5.74, 6) is 1.72. The fourth-order valence-electron chi connectivity index (χ4n) is 2.77. The molecule has 1 saturated heterocycles. The summed E-state index contributed by atoms with van der Waals surface area (Å²) < 4.78 is 16.6. The van der Waals surface area contributed by atoms with Gasteiger partial charge in [0.25, 0.3) is 0 Å². The van der Waals surface area contributed by atoms with Gasteiger partial charge in [-0.3, -0.25) is 4.99 Å². The molecule has 1 aliphatic heterocycles. The lowest BCUT2D eigenvalue weighted by Gasteiger charge is -2.23. The van der Waals surface area contributed by atoms with E-state index < -0.39 is 0 Å². The quantitative estimate of drug-likeness (QED) is 0.278. The van der Waals surface area contributed by atoms with Crippen LogP contribution in [0.1, 0.15) is 18.4 Å². The second-order valence-corrected chi connectivity index (χ2v) is 5.85. The average molecular weight is 463 g/mol.